The summed E-state index contributed by atoms with van der Waals surface area (Å²) in [5.41, 5.74) is 3.14. The first-order chi connectivity index (χ1) is 9.54. The third-order valence-corrected chi connectivity index (χ3v) is 4.71. The molecule has 112 valence electrons. The Balaban J connectivity index is 1.91. The summed E-state index contributed by atoms with van der Waals surface area (Å²) in [5, 5.41) is 3.70. The van der Waals surface area contributed by atoms with Gasteiger partial charge in [-0.3, -0.25) is 0 Å². The minimum atomic E-state index is 0.546. The van der Waals surface area contributed by atoms with Gasteiger partial charge < -0.3 is 10.2 Å². The second-order valence-corrected chi connectivity index (χ2v) is 6.80. The van der Waals surface area contributed by atoms with E-state index in [1.54, 1.807) is 0 Å². The quantitative estimate of drug-likeness (QED) is 0.820. The highest BCUT2D eigenvalue weighted by molar-refractivity contribution is 5.55. The van der Waals surface area contributed by atoms with E-state index in [1.807, 2.05) is 0 Å². The monoisotopic (exact) mass is 274 g/mol. The van der Waals surface area contributed by atoms with E-state index in [-0.39, 0.29) is 0 Å². The Hall–Kier alpha value is -1.18. The molecule has 1 aliphatic rings. The second-order valence-electron chi connectivity index (χ2n) is 6.80. The van der Waals surface area contributed by atoms with Crippen molar-refractivity contribution in [1.29, 1.82) is 0 Å². The van der Waals surface area contributed by atoms with Gasteiger partial charge >= 0.3 is 0 Å². The van der Waals surface area contributed by atoms with Gasteiger partial charge in [0.1, 0.15) is 0 Å². The zero-order valence-corrected chi connectivity index (χ0v) is 13.6. The summed E-state index contributed by atoms with van der Waals surface area (Å²) in [6, 6.07) is 9.59. The van der Waals surface area contributed by atoms with E-state index in [0.717, 1.165) is 13.1 Å². The summed E-state index contributed by atoms with van der Waals surface area (Å²) in [4.78, 5) is 2.38. The van der Waals surface area contributed by atoms with Crippen LogP contribution in [-0.4, -0.2) is 19.1 Å². The molecule has 0 spiro atoms. The summed E-state index contributed by atoms with van der Waals surface area (Å²) in [6.07, 6.45) is 5.26. The van der Waals surface area contributed by atoms with Crippen molar-refractivity contribution in [3.63, 3.8) is 0 Å². The highest BCUT2D eigenvalue weighted by atomic mass is 15.1. The fourth-order valence-corrected chi connectivity index (χ4v) is 3.14. The number of hydrogen-bond donors (Lipinski definition) is 1. The van der Waals surface area contributed by atoms with Crippen LogP contribution in [0.25, 0.3) is 0 Å². The van der Waals surface area contributed by atoms with Crippen molar-refractivity contribution in [2.45, 2.75) is 59.4 Å². The predicted octanol–water partition coefficient (Wildman–Crippen LogP) is 4.91. The zero-order chi connectivity index (χ0) is 14.6. The van der Waals surface area contributed by atoms with E-state index in [9.17, 15) is 0 Å². The van der Waals surface area contributed by atoms with Gasteiger partial charge in [0, 0.05) is 30.5 Å². The lowest BCUT2D eigenvalue weighted by molar-refractivity contribution is 0.232. The largest absolute Gasteiger partial charge is 0.382 e. The minimum Gasteiger partial charge on any atom is -0.382 e. The first-order valence-electron chi connectivity index (χ1n) is 8.15. The van der Waals surface area contributed by atoms with E-state index >= 15 is 0 Å². The third-order valence-electron chi connectivity index (χ3n) is 4.71. The van der Waals surface area contributed by atoms with Crippen molar-refractivity contribution in [3.8, 4) is 0 Å². The lowest BCUT2D eigenvalue weighted by Crippen LogP contribution is -2.29. The summed E-state index contributed by atoms with van der Waals surface area (Å²) in [5.74, 6) is 0. The third kappa shape index (κ3) is 3.91. The van der Waals surface area contributed by atoms with Gasteiger partial charge in [-0.1, -0.05) is 13.8 Å². The molecule has 1 fully saturated rings. The number of hydrogen-bond acceptors (Lipinski definition) is 2. The molecule has 0 saturated heterocycles. The number of nitrogens with zero attached hydrogens (tertiary/aromatic N) is 1. The van der Waals surface area contributed by atoms with Crippen LogP contribution >= 0.6 is 0 Å². The van der Waals surface area contributed by atoms with Crippen molar-refractivity contribution in [2.75, 3.05) is 23.3 Å². The molecule has 2 heteroatoms. The molecule has 1 saturated carbocycles. The van der Waals surface area contributed by atoms with E-state index in [0.29, 0.717) is 11.5 Å². The van der Waals surface area contributed by atoms with Gasteiger partial charge in [-0.15, -0.1) is 0 Å². The van der Waals surface area contributed by atoms with Crippen LogP contribution in [0.4, 0.5) is 11.4 Å². The van der Waals surface area contributed by atoms with Gasteiger partial charge in [-0.05, 0) is 69.2 Å². The van der Waals surface area contributed by atoms with Crippen molar-refractivity contribution in [1.82, 2.24) is 0 Å². The molecule has 0 heterocycles. The summed E-state index contributed by atoms with van der Waals surface area (Å²) in [7, 11) is 0. The van der Waals surface area contributed by atoms with Crippen molar-refractivity contribution in [3.05, 3.63) is 24.3 Å². The molecule has 0 amide bonds. The Bertz CT molecular complexity index is 394. The smallest absolute Gasteiger partial charge is 0.0367 e. The molecule has 0 bridgehead atoms. The lowest BCUT2D eigenvalue weighted by atomic mass is 9.75. The zero-order valence-electron chi connectivity index (χ0n) is 13.6. The van der Waals surface area contributed by atoms with Crippen molar-refractivity contribution >= 4 is 11.4 Å². The van der Waals surface area contributed by atoms with Gasteiger partial charge in [0.2, 0.25) is 0 Å². The number of benzene rings is 1. The average molecular weight is 274 g/mol. The van der Waals surface area contributed by atoms with Crippen LogP contribution in [0.1, 0.15) is 53.4 Å². The van der Waals surface area contributed by atoms with Crippen LogP contribution in [0.3, 0.4) is 0 Å². The number of nitrogens with one attached hydrogen (secondary N) is 1. The van der Waals surface area contributed by atoms with Gasteiger partial charge in [0.15, 0.2) is 0 Å². The maximum absolute atomic E-state index is 3.70. The van der Waals surface area contributed by atoms with E-state index < -0.39 is 0 Å². The standard InChI is InChI=1S/C18H30N2/c1-5-20(6-2)17-9-7-15(8-10-17)19-16-11-13-18(3,4)14-12-16/h7-10,16,19H,5-6,11-14H2,1-4H3. The molecular formula is C18H30N2. The molecule has 2 rings (SSSR count). The molecular weight excluding hydrogens is 244 g/mol. The fraction of sp³-hybridized carbons (Fsp3) is 0.667. The molecule has 0 aliphatic heterocycles. The molecule has 1 N–H and O–H groups in total. The number of anilines is 2. The number of rotatable bonds is 5. The van der Waals surface area contributed by atoms with Crippen LogP contribution in [0.15, 0.2) is 24.3 Å². The second kappa shape index (κ2) is 6.51. The molecule has 0 aromatic heterocycles. The summed E-state index contributed by atoms with van der Waals surface area (Å²) in [6.45, 7) is 11.3. The first kappa shape index (κ1) is 15.2. The maximum Gasteiger partial charge on any atom is 0.0367 e. The van der Waals surface area contributed by atoms with Gasteiger partial charge in [-0.2, -0.15) is 0 Å². The Morgan fingerprint density at radius 1 is 1.05 bits per heavy atom. The normalized spacial score (nSPS) is 18.8. The summed E-state index contributed by atoms with van der Waals surface area (Å²) >= 11 is 0. The molecule has 0 atom stereocenters. The molecule has 1 aromatic rings. The average Bonchev–Trinajstić information content (AvgIpc) is 2.44. The Labute approximate surface area is 124 Å². The van der Waals surface area contributed by atoms with Crippen LogP contribution in [0.5, 0.6) is 0 Å². The topological polar surface area (TPSA) is 15.3 Å². The van der Waals surface area contributed by atoms with Crippen LogP contribution < -0.4 is 10.2 Å². The van der Waals surface area contributed by atoms with Crippen molar-refractivity contribution in [2.24, 2.45) is 5.41 Å². The van der Waals surface area contributed by atoms with Gasteiger partial charge in [-0.25, -0.2) is 0 Å². The maximum atomic E-state index is 3.70. The van der Waals surface area contributed by atoms with E-state index in [1.165, 1.54) is 37.1 Å². The Morgan fingerprint density at radius 3 is 2.10 bits per heavy atom. The van der Waals surface area contributed by atoms with Gasteiger partial charge in [0.25, 0.3) is 0 Å². The molecule has 0 unspecified atom stereocenters. The highest BCUT2D eigenvalue weighted by Crippen LogP contribution is 2.36. The van der Waals surface area contributed by atoms with Crippen molar-refractivity contribution < 1.29 is 0 Å². The van der Waals surface area contributed by atoms with E-state index in [4.69, 9.17) is 0 Å². The predicted molar refractivity (Wildman–Crippen MR) is 89.7 cm³/mol. The fourth-order valence-electron chi connectivity index (χ4n) is 3.14. The lowest BCUT2D eigenvalue weighted by Gasteiger charge is -2.35. The van der Waals surface area contributed by atoms with Crippen LogP contribution in [0.2, 0.25) is 0 Å². The molecule has 2 nitrogen and oxygen atoms in total. The SMILES string of the molecule is CCN(CC)c1ccc(NC2CCC(C)(C)CC2)cc1. The molecule has 1 aliphatic carbocycles. The highest BCUT2D eigenvalue weighted by Gasteiger charge is 2.26. The summed E-state index contributed by atoms with van der Waals surface area (Å²) < 4.78 is 0. The minimum absolute atomic E-state index is 0.546. The molecule has 20 heavy (non-hydrogen) atoms. The Kier molecular flexibility index (Phi) is 4.95. The molecule has 0 radical (unpaired) electrons. The van der Waals surface area contributed by atoms with Crippen LogP contribution in [0, 0.1) is 5.41 Å². The first-order valence-corrected chi connectivity index (χ1v) is 8.15. The van der Waals surface area contributed by atoms with Crippen LogP contribution in [-0.2, 0) is 0 Å². The Morgan fingerprint density at radius 2 is 1.60 bits per heavy atom. The van der Waals surface area contributed by atoms with E-state index in [2.05, 4.69) is 62.2 Å². The van der Waals surface area contributed by atoms with Gasteiger partial charge in [0.05, 0.1) is 0 Å². The molecule has 1 aromatic carbocycles.